The summed E-state index contributed by atoms with van der Waals surface area (Å²) < 4.78 is 0. The monoisotopic (exact) mass is 173 g/mol. The van der Waals surface area contributed by atoms with E-state index in [1.807, 2.05) is 31.2 Å². The molecule has 0 radical (unpaired) electrons. The zero-order chi connectivity index (χ0) is 9.26. The Hall–Kier alpha value is -1.54. The summed E-state index contributed by atoms with van der Waals surface area (Å²) in [6.45, 7) is 2.00. The average molecular weight is 173 g/mol. The van der Waals surface area contributed by atoms with Gasteiger partial charge in [-0.15, -0.1) is 0 Å². The molecule has 0 bridgehead atoms. The van der Waals surface area contributed by atoms with Gasteiger partial charge in [0, 0.05) is 5.56 Å². The van der Waals surface area contributed by atoms with Gasteiger partial charge in [0.05, 0.1) is 0 Å². The number of hydrogen-bond donors (Lipinski definition) is 1. The van der Waals surface area contributed by atoms with Crippen LogP contribution in [0.5, 0.6) is 5.75 Å². The maximum Gasteiger partial charge on any atom is 0.150 e. The molecule has 66 valence electrons. The summed E-state index contributed by atoms with van der Waals surface area (Å²) in [6, 6.07) is 12.1. The molecular formula is C11H11NO. The van der Waals surface area contributed by atoms with Crippen LogP contribution in [0, 0.1) is 6.92 Å². The zero-order valence-corrected chi connectivity index (χ0v) is 7.45. The van der Waals surface area contributed by atoms with Gasteiger partial charge in [-0.2, -0.15) is 5.90 Å². The van der Waals surface area contributed by atoms with Crippen molar-refractivity contribution in [3.63, 3.8) is 0 Å². The molecular weight excluding hydrogens is 162 g/mol. The van der Waals surface area contributed by atoms with Crippen LogP contribution in [0.2, 0.25) is 0 Å². The molecule has 2 aromatic rings. The summed E-state index contributed by atoms with van der Waals surface area (Å²) in [5.41, 5.74) is 1.08. The van der Waals surface area contributed by atoms with Crippen LogP contribution in [0.15, 0.2) is 36.4 Å². The number of aryl methyl sites for hydroxylation is 1. The molecule has 2 aromatic carbocycles. The predicted octanol–water partition coefficient (Wildman–Crippen LogP) is 2.40. The molecule has 2 heteroatoms. The molecule has 0 aliphatic heterocycles. The van der Waals surface area contributed by atoms with Crippen LogP contribution in [-0.2, 0) is 0 Å². The lowest BCUT2D eigenvalue weighted by Crippen LogP contribution is -2.03. The lowest BCUT2D eigenvalue weighted by molar-refractivity contribution is 0.332. The molecule has 0 saturated carbocycles. The second-order valence-corrected chi connectivity index (χ2v) is 3.03. The molecule has 0 aromatic heterocycles. The fraction of sp³-hybridized carbons (Fsp3) is 0.0909. The second kappa shape index (κ2) is 3.07. The third-order valence-electron chi connectivity index (χ3n) is 2.28. The van der Waals surface area contributed by atoms with Crippen molar-refractivity contribution in [2.45, 2.75) is 6.92 Å². The van der Waals surface area contributed by atoms with Crippen LogP contribution >= 0.6 is 0 Å². The van der Waals surface area contributed by atoms with E-state index in [0.29, 0.717) is 0 Å². The SMILES string of the molecule is Cc1c(ON)ccc2ccccc12. The van der Waals surface area contributed by atoms with E-state index in [2.05, 4.69) is 12.1 Å². The van der Waals surface area contributed by atoms with Crippen LogP contribution in [0.4, 0.5) is 0 Å². The molecule has 2 nitrogen and oxygen atoms in total. The first-order valence-electron chi connectivity index (χ1n) is 4.18. The van der Waals surface area contributed by atoms with Crippen molar-refractivity contribution in [3.05, 3.63) is 42.0 Å². The third kappa shape index (κ3) is 1.25. The Morgan fingerprint density at radius 3 is 2.62 bits per heavy atom. The summed E-state index contributed by atoms with van der Waals surface area (Å²) in [5, 5.41) is 2.39. The minimum absolute atomic E-state index is 0.735. The number of nitrogens with two attached hydrogens (primary N) is 1. The van der Waals surface area contributed by atoms with Gasteiger partial charge in [-0.3, -0.25) is 0 Å². The quantitative estimate of drug-likeness (QED) is 0.672. The van der Waals surface area contributed by atoms with Gasteiger partial charge in [0.25, 0.3) is 0 Å². The fourth-order valence-corrected chi connectivity index (χ4v) is 1.53. The smallest absolute Gasteiger partial charge is 0.150 e. The predicted molar refractivity (Wildman–Crippen MR) is 53.5 cm³/mol. The normalized spacial score (nSPS) is 10.3. The number of benzene rings is 2. The molecule has 0 spiro atoms. The van der Waals surface area contributed by atoms with Crippen LogP contribution in [0.3, 0.4) is 0 Å². The van der Waals surface area contributed by atoms with Crippen LogP contribution < -0.4 is 10.7 Å². The van der Waals surface area contributed by atoms with E-state index in [-0.39, 0.29) is 0 Å². The summed E-state index contributed by atoms with van der Waals surface area (Å²) in [4.78, 5) is 4.75. The molecule has 0 atom stereocenters. The summed E-state index contributed by atoms with van der Waals surface area (Å²) in [5.74, 6) is 5.88. The second-order valence-electron chi connectivity index (χ2n) is 3.03. The van der Waals surface area contributed by atoms with Gasteiger partial charge in [-0.05, 0) is 23.8 Å². The van der Waals surface area contributed by atoms with Crippen molar-refractivity contribution < 1.29 is 4.84 Å². The largest absolute Gasteiger partial charge is 0.411 e. The standard InChI is InChI=1S/C11H11NO/c1-8-10-5-3-2-4-9(10)6-7-11(8)13-12/h2-7H,12H2,1H3. The van der Waals surface area contributed by atoms with Crippen LogP contribution in [0.1, 0.15) is 5.56 Å². The Kier molecular flexibility index (Phi) is 1.91. The highest BCUT2D eigenvalue weighted by Gasteiger charge is 2.02. The van der Waals surface area contributed by atoms with E-state index < -0.39 is 0 Å². The Morgan fingerprint density at radius 1 is 1.08 bits per heavy atom. The van der Waals surface area contributed by atoms with Crippen LogP contribution in [-0.4, -0.2) is 0 Å². The molecule has 0 heterocycles. The molecule has 2 N–H and O–H groups in total. The molecule has 2 rings (SSSR count). The van der Waals surface area contributed by atoms with Crippen molar-refractivity contribution in [3.8, 4) is 5.75 Å². The van der Waals surface area contributed by atoms with E-state index >= 15 is 0 Å². The minimum Gasteiger partial charge on any atom is -0.411 e. The van der Waals surface area contributed by atoms with E-state index in [4.69, 9.17) is 10.7 Å². The van der Waals surface area contributed by atoms with E-state index in [1.54, 1.807) is 0 Å². The highest BCUT2D eigenvalue weighted by molar-refractivity contribution is 5.87. The van der Waals surface area contributed by atoms with Gasteiger partial charge in [0.1, 0.15) is 5.75 Å². The third-order valence-corrected chi connectivity index (χ3v) is 2.28. The van der Waals surface area contributed by atoms with Gasteiger partial charge in [0.15, 0.2) is 0 Å². The van der Waals surface area contributed by atoms with Crippen LogP contribution in [0.25, 0.3) is 10.8 Å². The lowest BCUT2D eigenvalue weighted by Gasteiger charge is -2.06. The molecule has 0 aliphatic rings. The lowest BCUT2D eigenvalue weighted by atomic mass is 10.1. The molecule has 13 heavy (non-hydrogen) atoms. The van der Waals surface area contributed by atoms with Crippen molar-refractivity contribution >= 4 is 10.8 Å². The Morgan fingerprint density at radius 2 is 1.85 bits per heavy atom. The van der Waals surface area contributed by atoms with Crippen molar-refractivity contribution in [1.29, 1.82) is 0 Å². The van der Waals surface area contributed by atoms with Gasteiger partial charge >= 0.3 is 0 Å². The molecule has 0 amide bonds. The first kappa shape index (κ1) is 8.08. The first-order chi connectivity index (χ1) is 6.33. The van der Waals surface area contributed by atoms with Gasteiger partial charge in [-0.1, -0.05) is 30.3 Å². The van der Waals surface area contributed by atoms with Gasteiger partial charge in [0.2, 0.25) is 0 Å². The van der Waals surface area contributed by atoms with Gasteiger partial charge < -0.3 is 4.84 Å². The molecule has 0 unspecified atom stereocenters. The highest BCUT2D eigenvalue weighted by atomic mass is 16.6. The highest BCUT2D eigenvalue weighted by Crippen LogP contribution is 2.25. The zero-order valence-electron chi connectivity index (χ0n) is 7.45. The van der Waals surface area contributed by atoms with Crippen molar-refractivity contribution in [1.82, 2.24) is 0 Å². The Labute approximate surface area is 76.9 Å². The maximum atomic E-state index is 5.14. The summed E-state index contributed by atoms with van der Waals surface area (Å²) in [7, 11) is 0. The number of fused-ring (bicyclic) bond motifs is 1. The van der Waals surface area contributed by atoms with Gasteiger partial charge in [-0.25, -0.2) is 0 Å². The Bertz CT molecular complexity index is 437. The summed E-state index contributed by atoms with van der Waals surface area (Å²) >= 11 is 0. The molecule has 0 fully saturated rings. The number of rotatable bonds is 1. The topological polar surface area (TPSA) is 35.2 Å². The fourth-order valence-electron chi connectivity index (χ4n) is 1.53. The Balaban J connectivity index is 2.79. The van der Waals surface area contributed by atoms with E-state index in [1.165, 1.54) is 10.8 Å². The van der Waals surface area contributed by atoms with E-state index in [0.717, 1.165) is 11.3 Å². The molecule has 0 aliphatic carbocycles. The van der Waals surface area contributed by atoms with E-state index in [9.17, 15) is 0 Å². The first-order valence-corrected chi connectivity index (χ1v) is 4.18. The maximum absolute atomic E-state index is 5.14. The number of hydrogen-bond acceptors (Lipinski definition) is 2. The van der Waals surface area contributed by atoms with Crippen molar-refractivity contribution in [2.24, 2.45) is 5.90 Å². The minimum atomic E-state index is 0.735. The van der Waals surface area contributed by atoms with Crippen molar-refractivity contribution in [2.75, 3.05) is 0 Å². The summed E-state index contributed by atoms with van der Waals surface area (Å²) in [6.07, 6.45) is 0. The average Bonchev–Trinajstić information content (AvgIpc) is 2.19. The molecule has 0 saturated heterocycles.